The van der Waals surface area contributed by atoms with E-state index >= 15 is 0 Å². The number of carbonyl (C=O) groups excluding carboxylic acids is 1. The highest BCUT2D eigenvalue weighted by atomic mass is 16.3. The lowest BCUT2D eigenvalue weighted by molar-refractivity contribution is -0.115. The highest BCUT2D eigenvalue weighted by molar-refractivity contribution is 5.70. The van der Waals surface area contributed by atoms with Gasteiger partial charge in [-0.1, -0.05) is 0 Å². The molecule has 0 fully saturated rings. The molecule has 0 saturated carbocycles. The summed E-state index contributed by atoms with van der Waals surface area (Å²) in [6.45, 7) is 2.69. The maximum absolute atomic E-state index is 9.22. The Labute approximate surface area is 54.3 Å². The third kappa shape index (κ3) is 111. The predicted octanol–water partition coefficient (Wildman–Crippen LogP) is -1.15. The first-order valence-electron chi connectivity index (χ1n) is 2.55. The normalized spacial score (nSPS) is 11.1. The largest absolute Gasteiger partial charge is 0.394 e. The molecule has 56 valence electrons. The molecule has 0 heterocycles. The van der Waals surface area contributed by atoms with Crippen molar-refractivity contribution in [3.05, 3.63) is 0 Å². The lowest BCUT2D eigenvalue weighted by Crippen LogP contribution is -2.03. The van der Waals surface area contributed by atoms with Crippen LogP contribution >= 0.6 is 0 Å². The van der Waals surface area contributed by atoms with Gasteiger partial charge in [0.1, 0.15) is 0 Å². The van der Waals surface area contributed by atoms with Crippen LogP contribution < -0.4 is 5.73 Å². The molecule has 4 N–H and O–H groups in total. The van der Waals surface area contributed by atoms with Gasteiger partial charge in [-0.05, 0) is 6.92 Å². The van der Waals surface area contributed by atoms with E-state index in [1.165, 1.54) is 13.8 Å². The van der Waals surface area contributed by atoms with Crippen molar-refractivity contribution in [2.75, 3.05) is 6.61 Å². The average Bonchev–Trinajstić information content (AvgIpc) is 1.65. The number of hydrogen-bond donors (Lipinski definition) is 3. The van der Waals surface area contributed by atoms with Crippen molar-refractivity contribution in [3.63, 3.8) is 0 Å². The minimum atomic E-state index is -0.560. The van der Waals surface area contributed by atoms with E-state index in [0.717, 1.165) is 0 Å². The molecule has 0 aromatic heterocycles. The molecular weight excluding hydrogens is 122 g/mol. The predicted molar refractivity (Wildman–Crippen MR) is 33.6 cm³/mol. The fourth-order valence-electron chi connectivity index (χ4n) is 0. The van der Waals surface area contributed by atoms with Crippen LogP contribution in [0.25, 0.3) is 0 Å². The molecule has 0 spiro atoms. The van der Waals surface area contributed by atoms with Gasteiger partial charge in [-0.15, -0.1) is 0 Å². The number of rotatable bonds is 1. The molecule has 0 rings (SSSR count). The van der Waals surface area contributed by atoms with Crippen molar-refractivity contribution in [2.24, 2.45) is 5.73 Å². The summed E-state index contributed by atoms with van der Waals surface area (Å²) in [4.78, 5) is 9.22. The Morgan fingerprint density at radius 1 is 1.78 bits per heavy atom. The number of nitrogens with two attached hydrogens (primary N) is 1. The fourth-order valence-corrected chi connectivity index (χ4v) is 0. The summed E-state index contributed by atoms with van der Waals surface area (Å²) < 4.78 is 0. The number of hydrogen-bond acceptors (Lipinski definition) is 3. The van der Waals surface area contributed by atoms with Crippen molar-refractivity contribution in [2.45, 2.75) is 20.0 Å². The quantitative estimate of drug-likeness (QED) is 0.424. The summed E-state index contributed by atoms with van der Waals surface area (Å²) in [7, 11) is 0. The van der Waals surface area contributed by atoms with Crippen molar-refractivity contribution < 1.29 is 15.0 Å². The summed E-state index contributed by atoms with van der Waals surface area (Å²) in [5.41, 5.74) is 4.47. The minimum absolute atomic E-state index is 0.139. The van der Waals surface area contributed by atoms with Crippen LogP contribution in [0.2, 0.25) is 0 Å². The number of aliphatic hydroxyl groups is 2. The second kappa shape index (κ2) is 7.39. The Hall–Kier alpha value is -0.610. The zero-order valence-electron chi connectivity index (χ0n) is 5.66. The van der Waals surface area contributed by atoms with Crippen LogP contribution in [0.3, 0.4) is 0 Å². The van der Waals surface area contributed by atoms with Crippen LogP contribution in [0.1, 0.15) is 13.8 Å². The molecule has 1 unspecified atom stereocenters. The van der Waals surface area contributed by atoms with Crippen molar-refractivity contribution in [3.8, 4) is 0 Å². The second-order valence-corrected chi connectivity index (χ2v) is 1.64. The Bertz CT molecular complexity index is 68.6. The van der Waals surface area contributed by atoms with Gasteiger partial charge in [-0.3, -0.25) is 4.79 Å². The number of carbonyl (C=O) groups is 1. The molecule has 1 atom stereocenters. The van der Waals surface area contributed by atoms with Crippen LogP contribution in [-0.4, -0.2) is 28.8 Å². The van der Waals surface area contributed by atoms with Gasteiger partial charge in [0.15, 0.2) is 0 Å². The van der Waals surface area contributed by atoms with Crippen LogP contribution in [0.4, 0.5) is 0 Å². The Kier molecular flexibility index (Phi) is 9.21. The first-order valence-corrected chi connectivity index (χ1v) is 2.55. The van der Waals surface area contributed by atoms with E-state index in [4.69, 9.17) is 10.2 Å². The van der Waals surface area contributed by atoms with E-state index in [1.807, 2.05) is 0 Å². The second-order valence-electron chi connectivity index (χ2n) is 1.64. The smallest absolute Gasteiger partial charge is 0.214 e. The van der Waals surface area contributed by atoms with E-state index in [-0.39, 0.29) is 12.5 Å². The monoisotopic (exact) mass is 135 g/mol. The van der Waals surface area contributed by atoms with Gasteiger partial charge in [-0.2, -0.15) is 0 Å². The molecule has 4 heteroatoms. The first-order chi connectivity index (χ1) is 4.00. The fraction of sp³-hybridized carbons (Fsp3) is 0.800. The van der Waals surface area contributed by atoms with Crippen molar-refractivity contribution in [1.29, 1.82) is 0 Å². The van der Waals surface area contributed by atoms with E-state index in [9.17, 15) is 4.79 Å². The summed E-state index contributed by atoms with van der Waals surface area (Å²) >= 11 is 0. The van der Waals surface area contributed by atoms with Gasteiger partial charge in [0.05, 0.1) is 12.7 Å². The van der Waals surface area contributed by atoms with Gasteiger partial charge in [0, 0.05) is 6.92 Å². The molecule has 0 saturated heterocycles. The lowest BCUT2D eigenvalue weighted by Gasteiger charge is -1.90. The summed E-state index contributed by atoms with van der Waals surface area (Å²) in [5.74, 6) is -0.333. The maximum atomic E-state index is 9.22. The van der Waals surface area contributed by atoms with Crippen LogP contribution in [0.5, 0.6) is 0 Å². The van der Waals surface area contributed by atoms with E-state index in [1.54, 1.807) is 0 Å². The topological polar surface area (TPSA) is 83.6 Å². The van der Waals surface area contributed by atoms with Crippen LogP contribution in [0, 0.1) is 0 Å². The molecule has 0 aliphatic carbocycles. The molecule has 0 aliphatic heterocycles. The Balaban J connectivity index is 0. The molecule has 9 heavy (non-hydrogen) atoms. The highest BCUT2D eigenvalue weighted by Crippen LogP contribution is 1.68. The maximum Gasteiger partial charge on any atom is 0.214 e. The number of amides is 1. The SMILES string of the molecule is CC(N)=O.CC(O)CO. The third-order valence-corrected chi connectivity index (χ3v) is 0.264. The number of primary amides is 1. The van der Waals surface area contributed by atoms with Gasteiger partial charge in [0.25, 0.3) is 0 Å². The van der Waals surface area contributed by atoms with Gasteiger partial charge < -0.3 is 15.9 Å². The molecule has 0 aromatic rings. The van der Waals surface area contributed by atoms with Crippen molar-refractivity contribution in [1.82, 2.24) is 0 Å². The zero-order valence-corrected chi connectivity index (χ0v) is 5.66. The Morgan fingerprint density at radius 3 is 1.89 bits per heavy atom. The molecule has 0 aromatic carbocycles. The van der Waals surface area contributed by atoms with E-state index in [0.29, 0.717) is 0 Å². The van der Waals surface area contributed by atoms with E-state index in [2.05, 4.69) is 5.73 Å². The van der Waals surface area contributed by atoms with Gasteiger partial charge in [-0.25, -0.2) is 0 Å². The average molecular weight is 135 g/mol. The van der Waals surface area contributed by atoms with Gasteiger partial charge in [0.2, 0.25) is 5.91 Å². The molecule has 1 amide bonds. The molecule has 0 bridgehead atoms. The molecule has 0 radical (unpaired) electrons. The molecular formula is C5H13NO3. The summed E-state index contributed by atoms with van der Waals surface area (Å²) in [6.07, 6.45) is -0.560. The summed E-state index contributed by atoms with van der Waals surface area (Å²) in [5, 5.41) is 16.0. The minimum Gasteiger partial charge on any atom is -0.394 e. The lowest BCUT2D eigenvalue weighted by atomic mass is 10.5. The third-order valence-electron chi connectivity index (χ3n) is 0.264. The van der Waals surface area contributed by atoms with Gasteiger partial charge >= 0.3 is 0 Å². The highest BCUT2D eigenvalue weighted by Gasteiger charge is 1.83. The zero-order chi connectivity index (χ0) is 7.86. The molecule has 4 nitrogen and oxygen atoms in total. The first kappa shape index (κ1) is 11.2. The van der Waals surface area contributed by atoms with Crippen LogP contribution in [-0.2, 0) is 4.79 Å². The summed E-state index contributed by atoms with van der Waals surface area (Å²) in [6, 6.07) is 0. The molecule has 0 aliphatic rings. The van der Waals surface area contributed by atoms with E-state index < -0.39 is 6.10 Å². The number of aliphatic hydroxyl groups excluding tert-OH is 2. The Morgan fingerprint density at radius 2 is 1.89 bits per heavy atom. The standard InChI is InChI=1S/C3H8O2.C2H5NO/c1-3(5)2-4;1-2(3)4/h3-5H,2H2,1H3;1H3,(H2,3,4). The van der Waals surface area contributed by atoms with Crippen LogP contribution in [0.15, 0.2) is 0 Å². The van der Waals surface area contributed by atoms with Crippen molar-refractivity contribution >= 4 is 5.91 Å².